The van der Waals surface area contributed by atoms with Crippen LogP contribution in [0.3, 0.4) is 0 Å². The van der Waals surface area contributed by atoms with Gasteiger partial charge < -0.3 is 15.2 Å². The molecule has 0 aromatic heterocycles. The fourth-order valence-electron chi connectivity index (χ4n) is 1.80. The van der Waals surface area contributed by atoms with Crippen LogP contribution in [-0.2, 0) is 4.79 Å². The number of aliphatic hydroxyl groups is 1. The number of ether oxygens (including phenoxy) is 1. The first-order chi connectivity index (χ1) is 10.6. The van der Waals surface area contributed by atoms with Crippen LogP contribution in [0.1, 0.15) is 11.7 Å². The van der Waals surface area contributed by atoms with E-state index in [1.54, 1.807) is 30.3 Å². The van der Waals surface area contributed by atoms with E-state index in [2.05, 4.69) is 5.32 Å². The van der Waals surface area contributed by atoms with Gasteiger partial charge in [-0.3, -0.25) is 4.79 Å². The summed E-state index contributed by atoms with van der Waals surface area (Å²) < 4.78 is 18.7. The molecule has 0 heterocycles. The molecular weight excluding hydrogens is 309 g/mol. The van der Waals surface area contributed by atoms with E-state index in [9.17, 15) is 14.3 Å². The average Bonchev–Trinajstić information content (AvgIpc) is 2.52. The van der Waals surface area contributed by atoms with Gasteiger partial charge in [0.1, 0.15) is 11.6 Å². The van der Waals surface area contributed by atoms with E-state index in [0.717, 1.165) is 0 Å². The Morgan fingerprint density at radius 2 is 1.91 bits per heavy atom. The number of hydrogen-bond donors (Lipinski definition) is 2. The van der Waals surface area contributed by atoms with Crippen molar-refractivity contribution in [2.45, 2.75) is 6.10 Å². The van der Waals surface area contributed by atoms with Crippen LogP contribution in [0.4, 0.5) is 4.39 Å². The van der Waals surface area contributed by atoms with Gasteiger partial charge in [-0.25, -0.2) is 4.39 Å². The van der Waals surface area contributed by atoms with Crippen molar-refractivity contribution in [2.24, 2.45) is 0 Å². The minimum atomic E-state index is -1.11. The molecule has 2 rings (SSSR count). The van der Waals surface area contributed by atoms with Gasteiger partial charge in [0.15, 0.2) is 6.61 Å². The first kappa shape index (κ1) is 16.3. The van der Waals surface area contributed by atoms with Crippen LogP contribution < -0.4 is 10.1 Å². The van der Waals surface area contributed by atoms with Gasteiger partial charge in [0.25, 0.3) is 5.91 Å². The third-order valence-corrected chi connectivity index (χ3v) is 3.19. The Bertz CT molecular complexity index is 634. The highest BCUT2D eigenvalue weighted by atomic mass is 35.5. The number of nitrogens with one attached hydrogen (secondary N) is 1. The molecule has 4 nitrogen and oxygen atoms in total. The Morgan fingerprint density at radius 3 is 2.59 bits per heavy atom. The third-order valence-electron chi connectivity index (χ3n) is 2.94. The highest BCUT2D eigenvalue weighted by Crippen LogP contribution is 2.16. The molecule has 6 heteroatoms. The summed E-state index contributed by atoms with van der Waals surface area (Å²) >= 11 is 5.74. The quantitative estimate of drug-likeness (QED) is 0.859. The summed E-state index contributed by atoms with van der Waals surface area (Å²) in [4.78, 5) is 11.6. The molecule has 1 unspecified atom stereocenters. The highest BCUT2D eigenvalue weighted by molar-refractivity contribution is 6.30. The van der Waals surface area contributed by atoms with Crippen molar-refractivity contribution in [2.75, 3.05) is 13.2 Å². The summed E-state index contributed by atoms with van der Waals surface area (Å²) in [5.74, 6) is -0.416. The van der Waals surface area contributed by atoms with Crippen LogP contribution in [0.15, 0.2) is 48.5 Å². The van der Waals surface area contributed by atoms with Crippen molar-refractivity contribution in [1.82, 2.24) is 5.32 Å². The number of benzene rings is 2. The number of amides is 1. The van der Waals surface area contributed by atoms with Crippen LogP contribution >= 0.6 is 11.6 Å². The largest absolute Gasteiger partial charge is 0.484 e. The molecule has 22 heavy (non-hydrogen) atoms. The molecule has 1 atom stereocenters. The number of hydrogen-bond acceptors (Lipinski definition) is 3. The van der Waals surface area contributed by atoms with E-state index in [1.165, 1.54) is 18.2 Å². The van der Waals surface area contributed by atoms with Crippen molar-refractivity contribution < 1.29 is 19.0 Å². The van der Waals surface area contributed by atoms with E-state index in [-0.39, 0.29) is 18.7 Å². The number of rotatable bonds is 6. The Morgan fingerprint density at radius 1 is 1.23 bits per heavy atom. The molecular formula is C16H15ClFNO3. The number of carbonyl (C=O) groups is 1. The molecule has 0 saturated carbocycles. The maximum Gasteiger partial charge on any atom is 0.258 e. The third kappa shape index (κ3) is 4.72. The monoisotopic (exact) mass is 323 g/mol. The van der Waals surface area contributed by atoms with Gasteiger partial charge in [0, 0.05) is 17.1 Å². The zero-order chi connectivity index (χ0) is 15.9. The van der Waals surface area contributed by atoms with E-state index in [1.807, 2.05) is 0 Å². The summed E-state index contributed by atoms with van der Waals surface area (Å²) in [6, 6.07) is 12.5. The summed E-state index contributed by atoms with van der Waals surface area (Å²) in [7, 11) is 0. The van der Waals surface area contributed by atoms with Crippen LogP contribution in [0.5, 0.6) is 5.75 Å². The maximum absolute atomic E-state index is 13.5. The topological polar surface area (TPSA) is 58.6 Å². The lowest BCUT2D eigenvalue weighted by atomic mass is 10.1. The molecule has 1 amide bonds. The van der Waals surface area contributed by atoms with Crippen molar-refractivity contribution >= 4 is 17.5 Å². The molecule has 0 aliphatic carbocycles. The molecule has 116 valence electrons. The van der Waals surface area contributed by atoms with Crippen molar-refractivity contribution in [3.8, 4) is 5.75 Å². The standard InChI is InChI=1S/C16H15ClFNO3/c17-11-5-7-12(8-6-11)22-10-16(21)19-9-15(20)13-3-1-2-4-14(13)18/h1-8,15,20H,9-10H2,(H,19,21). The summed E-state index contributed by atoms with van der Waals surface area (Å²) in [5.41, 5.74) is 0.140. The van der Waals surface area contributed by atoms with Gasteiger partial charge in [0.2, 0.25) is 0 Å². The Labute approximate surface area is 132 Å². The van der Waals surface area contributed by atoms with Crippen molar-refractivity contribution in [3.05, 3.63) is 64.9 Å². The van der Waals surface area contributed by atoms with Gasteiger partial charge in [-0.1, -0.05) is 29.8 Å². The van der Waals surface area contributed by atoms with Gasteiger partial charge in [-0.15, -0.1) is 0 Å². The second kappa shape index (κ2) is 7.77. The van der Waals surface area contributed by atoms with Gasteiger partial charge in [0.05, 0.1) is 6.10 Å². The summed E-state index contributed by atoms with van der Waals surface area (Å²) in [6.45, 7) is -0.296. The first-order valence-electron chi connectivity index (χ1n) is 6.64. The average molecular weight is 324 g/mol. The fraction of sp³-hybridized carbons (Fsp3) is 0.188. The van der Waals surface area contributed by atoms with Gasteiger partial charge in [-0.2, -0.15) is 0 Å². The van der Waals surface area contributed by atoms with Gasteiger partial charge in [-0.05, 0) is 30.3 Å². The maximum atomic E-state index is 13.5. The molecule has 2 N–H and O–H groups in total. The van der Waals surface area contributed by atoms with Gasteiger partial charge >= 0.3 is 0 Å². The SMILES string of the molecule is O=C(COc1ccc(Cl)cc1)NCC(O)c1ccccc1F. The van der Waals surface area contributed by atoms with Crippen LogP contribution in [0.2, 0.25) is 5.02 Å². The predicted octanol–water partition coefficient (Wildman–Crippen LogP) is 2.71. The van der Waals surface area contributed by atoms with E-state index in [4.69, 9.17) is 16.3 Å². The van der Waals surface area contributed by atoms with Crippen LogP contribution in [0.25, 0.3) is 0 Å². The molecule has 0 aliphatic heterocycles. The van der Waals surface area contributed by atoms with E-state index < -0.39 is 17.8 Å². The van der Waals surface area contributed by atoms with Crippen LogP contribution in [0, 0.1) is 5.82 Å². The molecule has 2 aromatic carbocycles. The minimum Gasteiger partial charge on any atom is -0.484 e. The molecule has 0 aliphatic rings. The molecule has 0 radical (unpaired) electrons. The van der Waals surface area contributed by atoms with E-state index in [0.29, 0.717) is 10.8 Å². The zero-order valence-electron chi connectivity index (χ0n) is 11.6. The number of aliphatic hydroxyl groups excluding tert-OH is 1. The Balaban J connectivity index is 1.78. The lowest BCUT2D eigenvalue weighted by Gasteiger charge is -2.13. The lowest BCUT2D eigenvalue weighted by molar-refractivity contribution is -0.123. The lowest BCUT2D eigenvalue weighted by Crippen LogP contribution is -2.32. The molecule has 0 fully saturated rings. The van der Waals surface area contributed by atoms with Crippen molar-refractivity contribution in [1.29, 1.82) is 0 Å². The molecule has 0 spiro atoms. The molecule has 0 saturated heterocycles. The highest BCUT2D eigenvalue weighted by Gasteiger charge is 2.13. The predicted molar refractivity (Wildman–Crippen MR) is 81.3 cm³/mol. The van der Waals surface area contributed by atoms with Crippen LogP contribution in [-0.4, -0.2) is 24.2 Å². The number of carbonyl (C=O) groups excluding carboxylic acids is 1. The molecule has 0 bridgehead atoms. The molecule has 2 aromatic rings. The Kier molecular flexibility index (Phi) is 5.75. The minimum absolute atomic E-state index is 0.0935. The Hall–Kier alpha value is -2.11. The fourth-order valence-corrected chi connectivity index (χ4v) is 1.92. The number of halogens is 2. The summed E-state index contributed by atoms with van der Waals surface area (Å²) in [6.07, 6.45) is -1.11. The summed E-state index contributed by atoms with van der Waals surface area (Å²) in [5, 5.41) is 12.9. The normalized spacial score (nSPS) is 11.8. The first-order valence-corrected chi connectivity index (χ1v) is 7.01. The second-order valence-corrected chi connectivity index (χ2v) is 5.02. The van der Waals surface area contributed by atoms with E-state index >= 15 is 0 Å². The second-order valence-electron chi connectivity index (χ2n) is 4.58. The van der Waals surface area contributed by atoms with Crippen molar-refractivity contribution in [3.63, 3.8) is 0 Å². The zero-order valence-corrected chi connectivity index (χ0v) is 12.4. The smallest absolute Gasteiger partial charge is 0.258 e.